The van der Waals surface area contributed by atoms with Crippen molar-refractivity contribution < 1.29 is 22.7 Å². The SMILES string of the molecule is COc1ccc(C(=O)Nc2nnc3c4cc(S(=O)(=O)N5CCCC5)ccc4n(C)c3n2)cc1OC. The summed E-state index contributed by atoms with van der Waals surface area (Å²) in [6.45, 7) is 1.06. The van der Waals surface area contributed by atoms with E-state index in [-0.39, 0.29) is 10.8 Å². The molecule has 2 aromatic heterocycles. The van der Waals surface area contributed by atoms with E-state index >= 15 is 0 Å². The summed E-state index contributed by atoms with van der Waals surface area (Å²) in [4.78, 5) is 17.4. The zero-order valence-electron chi connectivity index (χ0n) is 19.5. The van der Waals surface area contributed by atoms with Gasteiger partial charge in [-0.3, -0.25) is 10.1 Å². The van der Waals surface area contributed by atoms with E-state index < -0.39 is 15.9 Å². The number of aromatic nitrogens is 4. The Hall–Kier alpha value is -3.77. The third-order valence-electron chi connectivity index (χ3n) is 6.14. The van der Waals surface area contributed by atoms with Gasteiger partial charge in [-0.1, -0.05) is 0 Å². The van der Waals surface area contributed by atoms with E-state index in [2.05, 4.69) is 20.5 Å². The number of carbonyl (C=O) groups excluding carboxylic acids is 1. The normalized spacial score (nSPS) is 14.5. The number of sulfonamides is 1. The highest BCUT2D eigenvalue weighted by Gasteiger charge is 2.28. The van der Waals surface area contributed by atoms with Crippen LogP contribution in [-0.2, 0) is 17.1 Å². The minimum atomic E-state index is -3.58. The van der Waals surface area contributed by atoms with E-state index in [0.717, 1.165) is 18.4 Å². The molecule has 1 saturated heterocycles. The van der Waals surface area contributed by atoms with Crippen molar-refractivity contribution in [2.45, 2.75) is 17.7 Å². The van der Waals surface area contributed by atoms with Gasteiger partial charge in [-0.15, -0.1) is 10.2 Å². The standard InChI is InChI=1S/C23H24N6O5S/c1-28-17-8-7-15(35(31,32)29-10-4-5-11-29)13-16(17)20-21(28)24-23(27-26-20)25-22(30)14-6-9-18(33-2)19(12-14)34-3/h6-9,12-13H,4-5,10-11H2,1-3H3,(H,24,25,27,30). The van der Waals surface area contributed by atoms with Gasteiger partial charge in [-0.05, 0) is 49.2 Å². The highest BCUT2D eigenvalue weighted by atomic mass is 32.2. The number of ether oxygens (including phenoxy) is 2. The highest BCUT2D eigenvalue weighted by Crippen LogP contribution is 2.30. The van der Waals surface area contributed by atoms with E-state index in [1.165, 1.54) is 18.5 Å². The van der Waals surface area contributed by atoms with Crippen molar-refractivity contribution in [3.8, 4) is 11.5 Å². The first-order valence-electron chi connectivity index (χ1n) is 11.0. The molecule has 1 fully saturated rings. The topological polar surface area (TPSA) is 129 Å². The molecule has 0 unspecified atom stereocenters. The van der Waals surface area contributed by atoms with Gasteiger partial charge < -0.3 is 14.0 Å². The minimum absolute atomic E-state index is 0.0214. The number of hydrogen-bond acceptors (Lipinski definition) is 8. The Balaban J connectivity index is 1.49. The van der Waals surface area contributed by atoms with Gasteiger partial charge in [0.05, 0.1) is 24.6 Å². The van der Waals surface area contributed by atoms with E-state index in [4.69, 9.17) is 9.47 Å². The Morgan fingerprint density at radius 2 is 1.74 bits per heavy atom. The molecule has 0 spiro atoms. The maximum absolute atomic E-state index is 13.0. The number of anilines is 1. The Morgan fingerprint density at radius 1 is 1.00 bits per heavy atom. The second kappa shape index (κ2) is 8.78. The third kappa shape index (κ3) is 3.94. The zero-order valence-corrected chi connectivity index (χ0v) is 20.3. The number of hydrogen-bond donors (Lipinski definition) is 1. The predicted molar refractivity (Wildman–Crippen MR) is 129 cm³/mol. The molecule has 2 aromatic carbocycles. The van der Waals surface area contributed by atoms with Crippen LogP contribution in [0.15, 0.2) is 41.3 Å². The number of fused-ring (bicyclic) bond motifs is 3. The van der Waals surface area contributed by atoms with E-state index in [1.807, 2.05) is 0 Å². The lowest BCUT2D eigenvalue weighted by atomic mass is 10.2. The molecular weight excluding hydrogens is 472 g/mol. The Morgan fingerprint density at radius 3 is 2.46 bits per heavy atom. The molecule has 0 atom stereocenters. The molecule has 4 aromatic rings. The fraction of sp³-hybridized carbons (Fsp3) is 0.304. The number of rotatable bonds is 6. The predicted octanol–water partition coefficient (Wildman–Crippen LogP) is 2.57. The molecule has 11 nitrogen and oxygen atoms in total. The van der Waals surface area contributed by atoms with Crippen molar-refractivity contribution in [3.05, 3.63) is 42.0 Å². The summed E-state index contributed by atoms with van der Waals surface area (Å²) >= 11 is 0. The minimum Gasteiger partial charge on any atom is -0.493 e. The number of methoxy groups -OCH3 is 2. The van der Waals surface area contributed by atoms with Gasteiger partial charge in [0.15, 0.2) is 17.1 Å². The lowest BCUT2D eigenvalue weighted by Crippen LogP contribution is -2.27. The van der Waals surface area contributed by atoms with Crippen molar-refractivity contribution in [1.29, 1.82) is 0 Å². The Bertz CT molecular complexity index is 1560. The van der Waals surface area contributed by atoms with E-state index in [9.17, 15) is 13.2 Å². The summed E-state index contributed by atoms with van der Waals surface area (Å²) in [5, 5.41) is 11.6. The van der Waals surface area contributed by atoms with Crippen molar-refractivity contribution >= 4 is 43.9 Å². The number of carbonyl (C=O) groups is 1. The molecule has 5 rings (SSSR count). The van der Waals surface area contributed by atoms with Crippen LogP contribution in [0.1, 0.15) is 23.2 Å². The molecule has 0 bridgehead atoms. The average Bonchev–Trinajstić information content (AvgIpc) is 3.51. The smallest absolute Gasteiger partial charge is 0.258 e. The maximum Gasteiger partial charge on any atom is 0.258 e. The highest BCUT2D eigenvalue weighted by molar-refractivity contribution is 7.89. The molecule has 182 valence electrons. The van der Waals surface area contributed by atoms with Crippen LogP contribution in [-0.4, -0.2) is 65.7 Å². The number of amides is 1. The lowest BCUT2D eigenvalue weighted by molar-refractivity contribution is 0.102. The van der Waals surface area contributed by atoms with Crippen molar-refractivity contribution in [1.82, 2.24) is 24.1 Å². The van der Waals surface area contributed by atoms with Gasteiger partial charge in [-0.2, -0.15) is 9.29 Å². The van der Waals surface area contributed by atoms with Crippen molar-refractivity contribution in [2.24, 2.45) is 7.05 Å². The summed E-state index contributed by atoms with van der Waals surface area (Å²) in [7, 11) is 1.23. The summed E-state index contributed by atoms with van der Waals surface area (Å²) in [5.41, 5.74) is 2.00. The lowest BCUT2D eigenvalue weighted by Gasteiger charge is -2.15. The van der Waals surface area contributed by atoms with Crippen LogP contribution in [0.25, 0.3) is 22.1 Å². The first-order valence-corrected chi connectivity index (χ1v) is 12.4. The average molecular weight is 497 g/mol. The van der Waals surface area contributed by atoms with Crippen LogP contribution >= 0.6 is 0 Å². The molecule has 12 heteroatoms. The quantitative estimate of drug-likeness (QED) is 0.431. The molecule has 3 heterocycles. The van der Waals surface area contributed by atoms with Gasteiger partial charge in [-0.25, -0.2) is 8.42 Å². The summed E-state index contributed by atoms with van der Waals surface area (Å²) in [5.74, 6) is 0.506. The summed E-state index contributed by atoms with van der Waals surface area (Å²) < 4.78 is 39.8. The number of nitrogens with one attached hydrogen (secondary N) is 1. The summed E-state index contributed by atoms with van der Waals surface area (Å²) in [6, 6.07) is 9.74. The van der Waals surface area contributed by atoms with Crippen LogP contribution in [0.3, 0.4) is 0 Å². The molecule has 0 radical (unpaired) electrons. The molecule has 1 N–H and O–H groups in total. The molecule has 1 aliphatic heterocycles. The first-order chi connectivity index (χ1) is 16.8. The van der Waals surface area contributed by atoms with Crippen LogP contribution < -0.4 is 14.8 Å². The molecule has 1 aliphatic rings. The van der Waals surface area contributed by atoms with E-state index in [0.29, 0.717) is 46.7 Å². The van der Waals surface area contributed by atoms with Crippen LogP contribution in [0.2, 0.25) is 0 Å². The number of benzene rings is 2. The molecule has 0 aliphatic carbocycles. The number of nitrogens with zero attached hydrogens (tertiary/aromatic N) is 5. The van der Waals surface area contributed by atoms with Crippen molar-refractivity contribution in [3.63, 3.8) is 0 Å². The molecule has 1 amide bonds. The fourth-order valence-electron chi connectivity index (χ4n) is 4.28. The molecule has 0 saturated carbocycles. The maximum atomic E-state index is 13.0. The number of aryl methyl sites for hydroxylation is 1. The van der Waals surface area contributed by atoms with Gasteiger partial charge in [0.25, 0.3) is 11.9 Å². The monoisotopic (exact) mass is 496 g/mol. The summed E-state index contributed by atoms with van der Waals surface area (Å²) in [6.07, 6.45) is 1.73. The zero-order chi connectivity index (χ0) is 24.7. The Kier molecular flexibility index (Phi) is 5.77. The first kappa shape index (κ1) is 23.0. The van der Waals surface area contributed by atoms with Gasteiger partial charge in [0, 0.05) is 31.1 Å². The largest absolute Gasteiger partial charge is 0.493 e. The van der Waals surface area contributed by atoms with Crippen LogP contribution in [0.4, 0.5) is 5.95 Å². The fourth-order valence-corrected chi connectivity index (χ4v) is 5.82. The third-order valence-corrected chi connectivity index (χ3v) is 8.04. The van der Waals surface area contributed by atoms with Crippen LogP contribution in [0.5, 0.6) is 11.5 Å². The molecular formula is C23H24N6O5S. The van der Waals surface area contributed by atoms with E-state index in [1.54, 1.807) is 48.0 Å². The van der Waals surface area contributed by atoms with Gasteiger partial charge in [0.1, 0.15) is 5.52 Å². The second-order valence-corrected chi connectivity index (χ2v) is 10.1. The van der Waals surface area contributed by atoms with Crippen LogP contribution in [0, 0.1) is 0 Å². The second-order valence-electron chi connectivity index (χ2n) is 8.18. The Labute approximate surface area is 201 Å². The van der Waals surface area contributed by atoms with Gasteiger partial charge in [0.2, 0.25) is 10.0 Å². The van der Waals surface area contributed by atoms with Gasteiger partial charge >= 0.3 is 0 Å². The van der Waals surface area contributed by atoms with Crippen molar-refractivity contribution in [2.75, 3.05) is 32.6 Å². The molecule has 35 heavy (non-hydrogen) atoms.